The van der Waals surface area contributed by atoms with E-state index < -0.39 is 0 Å². The van der Waals surface area contributed by atoms with Crippen LogP contribution in [0.15, 0.2) is 29.2 Å². The summed E-state index contributed by atoms with van der Waals surface area (Å²) < 4.78 is 0. The van der Waals surface area contributed by atoms with Crippen LogP contribution in [0, 0.1) is 0 Å². The van der Waals surface area contributed by atoms with Crippen molar-refractivity contribution < 1.29 is 4.79 Å². The summed E-state index contributed by atoms with van der Waals surface area (Å²) in [5.74, 6) is 0. The maximum absolute atomic E-state index is 11.3. The minimum absolute atomic E-state index is 0.0752. The Morgan fingerprint density at radius 1 is 1.16 bits per heavy atom. The molecule has 106 valence electrons. The van der Waals surface area contributed by atoms with Crippen molar-refractivity contribution >= 4 is 17.8 Å². The van der Waals surface area contributed by atoms with Crippen molar-refractivity contribution in [3.05, 3.63) is 29.8 Å². The largest absolute Gasteiger partial charge is 0.338 e. The van der Waals surface area contributed by atoms with Gasteiger partial charge in [0.1, 0.15) is 0 Å². The minimum atomic E-state index is -0.0752. The van der Waals surface area contributed by atoms with Gasteiger partial charge < -0.3 is 10.6 Å². The SMILES string of the molecule is CCCNC(=O)NCCc1ccc(SC(C)C)cc1. The highest BCUT2D eigenvalue weighted by Gasteiger charge is 2.00. The number of urea groups is 1. The fourth-order valence-electron chi connectivity index (χ4n) is 1.63. The van der Waals surface area contributed by atoms with Crippen LogP contribution >= 0.6 is 11.8 Å². The molecule has 0 aromatic heterocycles. The summed E-state index contributed by atoms with van der Waals surface area (Å²) in [7, 11) is 0. The molecule has 0 aliphatic carbocycles. The highest BCUT2D eigenvalue weighted by atomic mass is 32.2. The zero-order valence-corrected chi connectivity index (χ0v) is 12.8. The number of hydrogen-bond donors (Lipinski definition) is 2. The van der Waals surface area contributed by atoms with E-state index in [0.717, 1.165) is 19.4 Å². The normalized spacial score (nSPS) is 10.5. The molecule has 0 bridgehead atoms. The molecule has 0 spiro atoms. The van der Waals surface area contributed by atoms with E-state index in [1.807, 2.05) is 18.7 Å². The molecule has 2 N–H and O–H groups in total. The van der Waals surface area contributed by atoms with E-state index in [1.165, 1.54) is 10.5 Å². The second-order valence-corrected chi connectivity index (χ2v) is 6.39. The van der Waals surface area contributed by atoms with Gasteiger partial charge in [-0.25, -0.2) is 4.79 Å². The molecule has 0 aliphatic heterocycles. The third-order valence-electron chi connectivity index (χ3n) is 2.53. The number of thioether (sulfide) groups is 1. The van der Waals surface area contributed by atoms with Crippen molar-refractivity contribution in [3.63, 3.8) is 0 Å². The molecular formula is C15H24N2OS. The third-order valence-corrected chi connectivity index (χ3v) is 3.55. The predicted octanol–water partition coefficient (Wildman–Crippen LogP) is 3.44. The molecule has 4 heteroatoms. The monoisotopic (exact) mass is 280 g/mol. The molecular weight excluding hydrogens is 256 g/mol. The Morgan fingerprint density at radius 2 is 1.79 bits per heavy atom. The molecule has 0 fully saturated rings. The van der Waals surface area contributed by atoms with Crippen LogP contribution in [-0.4, -0.2) is 24.4 Å². The zero-order chi connectivity index (χ0) is 14.1. The van der Waals surface area contributed by atoms with E-state index >= 15 is 0 Å². The van der Waals surface area contributed by atoms with Crippen molar-refractivity contribution in [1.29, 1.82) is 0 Å². The quantitative estimate of drug-likeness (QED) is 0.751. The Hall–Kier alpha value is -1.16. The Labute approximate surface area is 120 Å². The molecule has 19 heavy (non-hydrogen) atoms. The first-order chi connectivity index (χ1) is 9.11. The Bertz CT molecular complexity index is 376. The smallest absolute Gasteiger partial charge is 0.314 e. The lowest BCUT2D eigenvalue weighted by Crippen LogP contribution is -2.36. The predicted molar refractivity (Wildman–Crippen MR) is 82.8 cm³/mol. The van der Waals surface area contributed by atoms with E-state index in [9.17, 15) is 4.79 Å². The molecule has 0 aliphatic rings. The van der Waals surface area contributed by atoms with E-state index in [4.69, 9.17) is 0 Å². The van der Waals surface area contributed by atoms with Crippen LogP contribution in [0.4, 0.5) is 4.79 Å². The van der Waals surface area contributed by atoms with Crippen molar-refractivity contribution in [2.24, 2.45) is 0 Å². The maximum atomic E-state index is 11.3. The van der Waals surface area contributed by atoms with Crippen LogP contribution in [-0.2, 0) is 6.42 Å². The van der Waals surface area contributed by atoms with Gasteiger partial charge in [0.25, 0.3) is 0 Å². The average Bonchev–Trinajstić information content (AvgIpc) is 2.38. The summed E-state index contributed by atoms with van der Waals surface area (Å²) >= 11 is 1.87. The molecule has 0 saturated heterocycles. The summed E-state index contributed by atoms with van der Waals surface area (Å²) in [4.78, 5) is 12.6. The molecule has 3 nitrogen and oxygen atoms in total. The molecule has 1 aromatic rings. The van der Waals surface area contributed by atoms with Gasteiger partial charge in [-0.2, -0.15) is 0 Å². The molecule has 2 amide bonds. The van der Waals surface area contributed by atoms with Gasteiger partial charge >= 0.3 is 6.03 Å². The van der Waals surface area contributed by atoms with Gasteiger partial charge in [-0.1, -0.05) is 32.9 Å². The van der Waals surface area contributed by atoms with E-state index in [-0.39, 0.29) is 6.03 Å². The number of benzene rings is 1. The van der Waals surface area contributed by atoms with Crippen LogP contribution in [0.25, 0.3) is 0 Å². The number of carbonyl (C=O) groups is 1. The van der Waals surface area contributed by atoms with Crippen molar-refractivity contribution in [2.75, 3.05) is 13.1 Å². The maximum Gasteiger partial charge on any atom is 0.314 e. The topological polar surface area (TPSA) is 41.1 Å². The second-order valence-electron chi connectivity index (χ2n) is 4.74. The Morgan fingerprint density at radius 3 is 2.37 bits per heavy atom. The van der Waals surface area contributed by atoms with E-state index in [0.29, 0.717) is 11.8 Å². The lowest BCUT2D eigenvalue weighted by Gasteiger charge is -2.08. The fraction of sp³-hybridized carbons (Fsp3) is 0.533. The average molecular weight is 280 g/mol. The van der Waals surface area contributed by atoms with Crippen LogP contribution < -0.4 is 10.6 Å². The lowest BCUT2D eigenvalue weighted by atomic mass is 10.1. The Kier molecular flexibility index (Phi) is 7.41. The molecule has 1 aromatic carbocycles. The molecule has 0 atom stereocenters. The number of carbonyl (C=O) groups excluding carboxylic acids is 1. The van der Waals surface area contributed by atoms with Gasteiger partial charge in [0, 0.05) is 23.2 Å². The number of amides is 2. The molecule has 0 unspecified atom stereocenters. The van der Waals surface area contributed by atoms with Gasteiger partial charge in [-0.3, -0.25) is 0 Å². The number of nitrogens with one attached hydrogen (secondary N) is 2. The van der Waals surface area contributed by atoms with Crippen LogP contribution in [0.3, 0.4) is 0 Å². The van der Waals surface area contributed by atoms with E-state index in [1.54, 1.807) is 0 Å². The number of hydrogen-bond acceptors (Lipinski definition) is 2. The standard InChI is InChI=1S/C15H24N2OS/c1-4-10-16-15(18)17-11-9-13-5-7-14(8-6-13)19-12(2)3/h5-8,12H,4,9-11H2,1-3H3,(H2,16,17,18). The minimum Gasteiger partial charge on any atom is -0.338 e. The van der Waals surface area contributed by atoms with Crippen LogP contribution in [0.1, 0.15) is 32.8 Å². The van der Waals surface area contributed by atoms with Gasteiger partial charge in [-0.15, -0.1) is 11.8 Å². The van der Waals surface area contributed by atoms with Gasteiger partial charge in [-0.05, 0) is 30.5 Å². The summed E-state index contributed by atoms with van der Waals surface area (Å²) in [6, 6.07) is 8.50. The second kappa shape index (κ2) is 8.86. The summed E-state index contributed by atoms with van der Waals surface area (Å²) in [6.45, 7) is 7.82. The first-order valence-corrected chi connectivity index (χ1v) is 7.77. The lowest BCUT2D eigenvalue weighted by molar-refractivity contribution is 0.241. The molecule has 0 saturated carbocycles. The summed E-state index contributed by atoms with van der Waals surface area (Å²) in [5.41, 5.74) is 1.25. The van der Waals surface area contributed by atoms with Gasteiger partial charge in [0.05, 0.1) is 0 Å². The highest BCUT2D eigenvalue weighted by Crippen LogP contribution is 2.22. The summed E-state index contributed by atoms with van der Waals surface area (Å²) in [5, 5.41) is 6.26. The van der Waals surface area contributed by atoms with Crippen LogP contribution in [0.2, 0.25) is 0 Å². The molecule has 1 rings (SSSR count). The zero-order valence-electron chi connectivity index (χ0n) is 12.0. The fourth-order valence-corrected chi connectivity index (χ4v) is 2.47. The number of rotatable bonds is 7. The van der Waals surface area contributed by atoms with Crippen molar-refractivity contribution in [3.8, 4) is 0 Å². The van der Waals surface area contributed by atoms with Gasteiger partial charge in [0.15, 0.2) is 0 Å². The highest BCUT2D eigenvalue weighted by molar-refractivity contribution is 7.99. The molecule has 0 radical (unpaired) electrons. The van der Waals surface area contributed by atoms with Crippen molar-refractivity contribution in [2.45, 2.75) is 43.8 Å². The van der Waals surface area contributed by atoms with Gasteiger partial charge in [0.2, 0.25) is 0 Å². The Balaban J connectivity index is 2.28. The first-order valence-electron chi connectivity index (χ1n) is 6.89. The van der Waals surface area contributed by atoms with E-state index in [2.05, 4.69) is 48.7 Å². The van der Waals surface area contributed by atoms with Crippen LogP contribution in [0.5, 0.6) is 0 Å². The summed E-state index contributed by atoms with van der Waals surface area (Å²) in [6.07, 6.45) is 1.83. The first kappa shape index (κ1) is 15.9. The molecule has 0 heterocycles. The third kappa shape index (κ3) is 7.11. The van der Waals surface area contributed by atoms with Crippen molar-refractivity contribution in [1.82, 2.24) is 10.6 Å².